The minimum Gasteiger partial charge on any atom is -0.457 e. The van der Waals surface area contributed by atoms with E-state index in [1.54, 1.807) is 0 Å². The number of halogens is 1. The van der Waals surface area contributed by atoms with Gasteiger partial charge in [0.25, 0.3) is 0 Å². The van der Waals surface area contributed by atoms with Gasteiger partial charge in [-0.3, -0.25) is 4.79 Å². The molecule has 1 aliphatic heterocycles. The molecule has 0 aliphatic carbocycles. The molecule has 0 saturated carbocycles. The molecule has 0 radical (unpaired) electrons. The van der Waals surface area contributed by atoms with Gasteiger partial charge in [0, 0.05) is 22.2 Å². The van der Waals surface area contributed by atoms with Crippen molar-refractivity contribution in [2.75, 3.05) is 5.32 Å². The van der Waals surface area contributed by atoms with Gasteiger partial charge in [-0.25, -0.2) is 0 Å². The fourth-order valence-corrected chi connectivity index (χ4v) is 4.56. The van der Waals surface area contributed by atoms with Gasteiger partial charge in [-0.2, -0.15) is 0 Å². The highest BCUT2D eigenvalue weighted by Crippen LogP contribution is 2.44. The predicted octanol–water partition coefficient (Wildman–Crippen LogP) is 6.87. The van der Waals surface area contributed by atoms with Gasteiger partial charge < -0.3 is 10.1 Å². The van der Waals surface area contributed by atoms with Gasteiger partial charge in [0.05, 0.1) is 5.69 Å². The number of hydrogen-bond donors (Lipinski definition) is 1. The van der Waals surface area contributed by atoms with E-state index < -0.39 is 0 Å². The second-order valence-electron chi connectivity index (χ2n) is 7.16. The van der Waals surface area contributed by atoms with Crippen LogP contribution >= 0.6 is 15.9 Å². The molecular formula is C25H18BrNO2. The lowest BCUT2D eigenvalue weighted by molar-refractivity contribution is -0.116. The first-order valence-corrected chi connectivity index (χ1v) is 10.3. The molecular weight excluding hydrogens is 426 g/mol. The fourth-order valence-electron chi connectivity index (χ4n) is 3.97. The second-order valence-corrected chi connectivity index (χ2v) is 8.02. The standard InChI is InChI=1S/C25H18BrNO2/c26-23-14-22-21(15-24(28)27-25(22)20-12-5-4-11-19(20)23)16-7-6-10-18(13-16)29-17-8-2-1-3-9-17/h1-14,21H,15H2,(H,27,28)/t21-/m0/s1. The lowest BCUT2D eigenvalue weighted by Gasteiger charge is -2.28. The summed E-state index contributed by atoms with van der Waals surface area (Å²) in [7, 11) is 0. The summed E-state index contributed by atoms with van der Waals surface area (Å²) in [4.78, 5) is 12.6. The van der Waals surface area contributed by atoms with Gasteiger partial charge in [-0.1, -0.05) is 70.5 Å². The lowest BCUT2D eigenvalue weighted by Crippen LogP contribution is -2.23. The predicted molar refractivity (Wildman–Crippen MR) is 120 cm³/mol. The Kier molecular flexibility index (Phi) is 4.57. The molecule has 0 spiro atoms. The molecule has 4 heteroatoms. The molecule has 4 aromatic carbocycles. The van der Waals surface area contributed by atoms with Crippen LogP contribution in [0.1, 0.15) is 23.5 Å². The molecule has 0 aromatic heterocycles. The number of carbonyl (C=O) groups excluding carboxylic acids is 1. The van der Waals surface area contributed by atoms with Crippen LogP contribution in [-0.2, 0) is 4.79 Å². The van der Waals surface area contributed by atoms with E-state index in [2.05, 4.69) is 45.5 Å². The topological polar surface area (TPSA) is 38.3 Å². The Balaban J connectivity index is 1.59. The van der Waals surface area contributed by atoms with E-state index in [-0.39, 0.29) is 11.8 Å². The Hall–Kier alpha value is -3.11. The van der Waals surface area contributed by atoms with Crippen LogP contribution in [0, 0.1) is 0 Å². The molecule has 0 bridgehead atoms. The number of hydrogen-bond acceptors (Lipinski definition) is 2. The Morgan fingerprint density at radius 2 is 1.55 bits per heavy atom. The van der Waals surface area contributed by atoms with Crippen molar-refractivity contribution >= 4 is 38.3 Å². The molecule has 1 N–H and O–H groups in total. The molecule has 0 saturated heterocycles. The zero-order chi connectivity index (χ0) is 19.8. The van der Waals surface area contributed by atoms with E-state index in [4.69, 9.17) is 4.74 Å². The summed E-state index contributed by atoms with van der Waals surface area (Å²) in [6.45, 7) is 0. The van der Waals surface area contributed by atoms with Crippen LogP contribution < -0.4 is 10.1 Å². The SMILES string of the molecule is O=C1C[C@@H](c2cccc(Oc3ccccc3)c2)c2cc(Br)c3ccccc3c2N1. The quantitative estimate of drug-likeness (QED) is 0.375. The highest BCUT2D eigenvalue weighted by Gasteiger charge is 2.29. The minimum absolute atomic E-state index is 0.0287. The molecule has 1 atom stereocenters. The Morgan fingerprint density at radius 3 is 2.38 bits per heavy atom. The monoisotopic (exact) mass is 443 g/mol. The zero-order valence-electron chi connectivity index (χ0n) is 15.6. The van der Waals surface area contributed by atoms with E-state index >= 15 is 0 Å². The molecule has 1 amide bonds. The average molecular weight is 444 g/mol. The third-order valence-corrected chi connectivity index (χ3v) is 5.95. The molecule has 142 valence electrons. The second kappa shape index (κ2) is 7.37. The van der Waals surface area contributed by atoms with Crippen LogP contribution in [0.4, 0.5) is 5.69 Å². The summed E-state index contributed by atoms with van der Waals surface area (Å²) >= 11 is 3.71. The van der Waals surface area contributed by atoms with Crippen LogP contribution in [0.5, 0.6) is 11.5 Å². The summed E-state index contributed by atoms with van der Waals surface area (Å²) in [6, 6.07) is 28.0. The summed E-state index contributed by atoms with van der Waals surface area (Å²) in [5.41, 5.74) is 3.09. The first kappa shape index (κ1) is 18.0. The van der Waals surface area contributed by atoms with Crippen molar-refractivity contribution in [3.05, 3.63) is 101 Å². The highest BCUT2D eigenvalue weighted by molar-refractivity contribution is 9.10. The summed E-state index contributed by atoms with van der Waals surface area (Å²) in [5, 5.41) is 5.23. The largest absolute Gasteiger partial charge is 0.457 e. The average Bonchev–Trinajstić information content (AvgIpc) is 2.75. The molecule has 1 heterocycles. The first-order valence-electron chi connectivity index (χ1n) is 9.53. The number of ether oxygens (including phenoxy) is 1. The van der Waals surface area contributed by atoms with E-state index in [0.717, 1.165) is 43.6 Å². The first-order chi connectivity index (χ1) is 14.2. The summed E-state index contributed by atoms with van der Waals surface area (Å²) in [6.07, 6.45) is 0.409. The number of anilines is 1. The van der Waals surface area contributed by atoms with E-state index in [1.165, 1.54) is 0 Å². The Morgan fingerprint density at radius 1 is 0.828 bits per heavy atom. The molecule has 0 unspecified atom stereocenters. The number of fused-ring (bicyclic) bond motifs is 3. The minimum atomic E-state index is -0.0287. The van der Waals surface area contributed by atoms with E-state index in [9.17, 15) is 4.79 Å². The van der Waals surface area contributed by atoms with Gasteiger partial charge in [0.15, 0.2) is 0 Å². The smallest absolute Gasteiger partial charge is 0.225 e. The van der Waals surface area contributed by atoms with Crippen LogP contribution in [0.2, 0.25) is 0 Å². The number of para-hydroxylation sites is 1. The van der Waals surface area contributed by atoms with Crippen molar-refractivity contribution in [2.45, 2.75) is 12.3 Å². The number of rotatable bonds is 3. The molecule has 0 fully saturated rings. The summed E-state index contributed by atoms with van der Waals surface area (Å²) in [5.74, 6) is 1.56. The third kappa shape index (κ3) is 3.40. The maximum absolute atomic E-state index is 12.6. The van der Waals surface area contributed by atoms with Crippen molar-refractivity contribution in [1.29, 1.82) is 0 Å². The Bertz CT molecular complexity index is 1220. The molecule has 5 rings (SSSR count). The number of amides is 1. The highest BCUT2D eigenvalue weighted by atomic mass is 79.9. The van der Waals surface area contributed by atoms with Gasteiger partial charge in [-0.15, -0.1) is 0 Å². The maximum atomic E-state index is 12.6. The van der Waals surface area contributed by atoms with Gasteiger partial charge in [0.1, 0.15) is 11.5 Å². The number of nitrogens with one attached hydrogen (secondary N) is 1. The van der Waals surface area contributed by atoms with Crippen LogP contribution in [-0.4, -0.2) is 5.91 Å². The zero-order valence-corrected chi connectivity index (χ0v) is 17.1. The van der Waals surface area contributed by atoms with Crippen LogP contribution in [0.15, 0.2) is 89.4 Å². The van der Waals surface area contributed by atoms with Gasteiger partial charge >= 0.3 is 0 Å². The van der Waals surface area contributed by atoms with Crippen LogP contribution in [0.3, 0.4) is 0 Å². The van der Waals surface area contributed by atoms with Crippen molar-refractivity contribution in [2.24, 2.45) is 0 Å². The summed E-state index contributed by atoms with van der Waals surface area (Å²) < 4.78 is 7.04. The third-order valence-electron chi connectivity index (χ3n) is 5.29. The number of carbonyl (C=O) groups is 1. The van der Waals surface area contributed by atoms with Crippen molar-refractivity contribution in [3.8, 4) is 11.5 Å². The van der Waals surface area contributed by atoms with Crippen molar-refractivity contribution in [1.82, 2.24) is 0 Å². The maximum Gasteiger partial charge on any atom is 0.225 e. The van der Waals surface area contributed by atoms with Crippen molar-refractivity contribution < 1.29 is 9.53 Å². The van der Waals surface area contributed by atoms with E-state index in [1.807, 2.05) is 60.7 Å². The van der Waals surface area contributed by atoms with E-state index in [0.29, 0.717) is 6.42 Å². The van der Waals surface area contributed by atoms with Crippen molar-refractivity contribution in [3.63, 3.8) is 0 Å². The molecule has 29 heavy (non-hydrogen) atoms. The van der Waals surface area contributed by atoms with Gasteiger partial charge in [0.2, 0.25) is 5.91 Å². The normalized spacial score (nSPS) is 15.6. The number of benzene rings is 4. The molecule has 1 aliphatic rings. The van der Waals surface area contributed by atoms with Crippen LogP contribution in [0.25, 0.3) is 10.8 Å². The Labute approximate surface area is 177 Å². The fraction of sp³-hybridized carbons (Fsp3) is 0.0800. The molecule has 4 aromatic rings. The molecule has 3 nitrogen and oxygen atoms in total. The lowest BCUT2D eigenvalue weighted by atomic mass is 9.83. The van der Waals surface area contributed by atoms with Gasteiger partial charge in [-0.05, 0) is 46.8 Å².